The fourth-order valence-corrected chi connectivity index (χ4v) is 0.215. The van der Waals surface area contributed by atoms with Crippen molar-refractivity contribution in [2.24, 2.45) is 0 Å². The molecule has 0 saturated carbocycles. The van der Waals surface area contributed by atoms with E-state index in [4.69, 9.17) is 10.8 Å². The number of thiocarbonyl (C=S) groups is 2. The molecule has 1 heterocycles. The van der Waals surface area contributed by atoms with E-state index < -0.39 is 0 Å². The zero-order valence-electron chi connectivity index (χ0n) is 6.10. The summed E-state index contributed by atoms with van der Waals surface area (Å²) >= 11 is 7.40. The molecule has 0 aliphatic heterocycles. The monoisotopic (exact) mass is 248 g/mol. The van der Waals surface area contributed by atoms with Crippen LogP contribution >= 0.6 is 24.4 Å². The Bertz CT molecular complexity index is 182. The minimum Gasteiger partial charge on any atom is -0.753 e. The summed E-state index contributed by atoms with van der Waals surface area (Å²) in [7, 11) is 0. The van der Waals surface area contributed by atoms with Crippen LogP contribution in [0.3, 0.4) is 0 Å². The van der Waals surface area contributed by atoms with Gasteiger partial charge in [-0.05, 0) is 0 Å². The molecule has 0 aliphatic rings. The van der Waals surface area contributed by atoms with Gasteiger partial charge in [0, 0.05) is 12.4 Å². The first-order valence-electron chi connectivity index (χ1n) is 2.28. The second kappa shape index (κ2) is 22.4. The zero-order valence-corrected chi connectivity index (χ0v) is 10.7. The third-order valence-corrected chi connectivity index (χ3v) is 0.406. The standard InChI is InChI=1S/C3H4N2.2CNS.Zn/c1-2-5-3-4-1;2*2-1-3;/h1-3H,(H,4,5);;;/q;2*-1;+2. The third kappa shape index (κ3) is 34.1. The first kappa shape index (κ1) is 17.5. The number of hydrogen-bond donors (Lipinski definition) is 1. The second-order valence-electron chi connectivity index (χ2n) is 0.943. The fourth-order valence-electron chi connectivity index (χ4n) is 0.215. The summed E-state index contributed by atoms with van der Waals surface area (Å²) in [4.78, 5) is 6.42. The molecule has 58 valence electrons. The Labute approximate surface area is 93.6 Å². The molecule has 0 bridgehead atoms. The van der Waals surface area contributed by atoms with Gasteiger partial charge in [0.15, 0.2) is 0 Å². The van der Waals surface area contributed by atoms with E-state index >= 15 is 0 Å². The van der Waals surface area contributed by atoms with Crippen molar-refractivity contribution >= 4 is 34.8 Å². The molecule has 1 aromatic rings. The predicted octanol–water partition coefficient (Wildman–Crippen LogP) is 1.72. The summed E-state index contributed by atoms with van der Waals surface area (Å²) in [6.45, 7) is 0. The summed E-state index contributed by atoms with van der Waals surface area (Å²) in [6, 6.07) is 0. The zero-order chi connectivity index (χ0) is 8.95. The maximum absolute atomic E-state index is 7.13. The van der Waals surface area contributed by atoms with E-state index in [2.05, 4.69) is 34.4 Å². The van der Waals surface area contributed by atoms with Crippen LogP contribution in [0.2, 0.25) is 0 Å². The van der Waals surface area contributed by atoms with Gasteiger partial charge in [0.25, 0.3) is 0 Å². The average Bonchev–Trinajstić information content (AvgIpc) is 2.44. The van der Waals surface area contributed by atoms with Gasteiger partial charge in [0.05, 0.1) is 6.33 Å². The van der Waals surface area contributed by atoms with Crippen LogP contribution in [-0.4, -0.2) is 20.3 Å². The van der Waals surface area contributed by atoms with E-state index in [0.717, 1.165) is 0 Å². The largest absolute Gasteiger partial charge is 2.00 e. The molecule has 7 heteroatoms. The van der Waals surface area contributed by atoms with Gasteiger partial charge >= 0.3 is 19.5 Å². The van der Waals surface area contributed by atoms with Crippen LogP contribution in [0.5, 0.6) is 0 Å². The van der Waals surface area contributed by atoms with Crippen LogP contribution in [0.1, 0.15) is 0 Å². The molecule has 4 nitrogen and oxygen atoms in total. The number of aromatic amines is 1. The van der Waals surface area contributed by atoms with Gasteiger partial charge in [-0.25, -0.2) is 4.98 Å². The predicted molar refractivity (Wildman–Crippen MR) is 50.5 cm³/mol. The average molecular weight is 250 g/mol. The molecule has 0 spiro atoms. The first-order valence-corrected chi connectivity index (χ1v) is 3.10. The Morgan fingerprint density at radius 3 is 1.75 bits per heavy atom. The molecule has 0 atom stereocenters. The summed E-state index contributed by atoms with van der Waals surface area (Å²) in [5.74, 6) is 0. The molecule has 0 saturated heterocycles. The molecule has 0 unspecified atom stereocenters. The van der Waals surface area contributed by atoms with Crippen LogP contribution in [0, 0.1) is 0 Å². The van der Waals surface area contributed by atoms with E-state index in [-0.39, 0.29) is 19.5 Å². The fraction of sp³-hybridized carbons (Fsp3) is 0. The van der Waals surface area contributed by atoms with Crippen molar-refractivity contribution < 1.29 is 19.5 Å². The number of nitrogens with zero attached hydrogens (tertiary/aromatic N) is 3. The van der Waals surface area contributed by atoms with E-state index in [0.29, 0.717) is 0 Å². The van der Waals surface area contributed by atoms with E-state index in [1.807, 2.05) is 0 Å². The molecule has 1 aromatic heterocycles. The number of nitrogens with one attached hydrogen (secondary N) is 1. The summed E-state index contributed by atoms with van der Waals surface area (Å²) in [5, 5.41) is 16.9. The van der Waals surface area contributed by atoms with E-state index in [1.54, 1.807) is 18.7 Å². The van der Waals surface area contributed by atoms with Crippen LogP contribution in [0.15, 0.2) is 18.7 Å². The molecular formula is C5H4N4S2Zn. The van der Waals surface area contributed by atoms with E-state index in [9.17, 15) is 0 Å². The van der Waals surface area contributed by atoms with Gasteiger partial charge in [-0.1, -0.05) is 24.4 Å². The normalized spacial score (nSPS) is 4.67. The minimum atomic E-state index is 0. The Morgan fingerprint density at radius 1 is 1.25 bits per heavy atom. The van der Waals surface area contributed by atoms with Crippen LogP contribution in [0.4, 0.5) is 0 Å². The van der Waals surface area contributed by atoms with Gasteiger partial charge in [-0.15, -0.1) is 0 Å². The quantitative estimate of drug-likeness (QED) is 0.432. The third-order valence-electron chi connectivity index (χ3n) is 0.406. The molecule has 0 fully saturated rings. The number of hydrogen-bond acceptors (Lipinski definition) is 3. The van der Waals surface area contributed by atoms with Crippen molar-refractivity contribution in [3.63, 3.8) is 0 Å². The Kier molecular flexibility index (Phi) is 32.7. The van der Waals surface area contributed by atoms with Gasteiger partial charge in [0.2, 0.25) is 0 Å². The number of imidazole rings is 1. The summed E-state index contributed by atoms with van der Waals surface area (Å²) < 4.78 is 0. The Morgan fingerprint density at radius 2 is 1.67 bits per heavy atom. The molecular weight excluding hydrogens is 246 g/mol. The van der Waals surface area contributed by atoms with Crippen molar-refractivity contribution in [1.82, 2.24) is 9.97 Å². The van der Waals surface area contributed by atoms with Gasteiger partial charge in [-0.2, -0.15) is 10.3 Å². The molecule has 0 radical (unpaired) electrons. The number of rotatable bonds is 0. The van der Waals surface area contributed by atoms with Crippen molar-refractivity contribution in [2.45, 2.75) is 0 Å². The van der Waals surface area contributed by atoms with E-state index in [1.165, 1.54) is 10.3 Å². The number of aromatic nitrogens is 2. The summed E-state index contributed by atoms with van der Waals surface area (Å²) in [6.07, 6.45) is 5.08. The number of H-pyrrole nitrogens is 1. The van der Waals surface area contributed by atoms with Crippen molar-refractivity contribution in [2.75, 3.05) is 0 Å². The van der Waals surface area contributed by atoms with Gasteiger partial charge < -0.3 is 15.8 Å². The van der Waals surface area contributed by atoms with Crippen molar-refractivity contribution in [3.05, 3.63) is 29.5 Å². The van der Waals surface area contributed by atoms with Crippen LogP contribution < -0.4 is 0 Å². The van der Waals surface area contributed by atoms with Gasteiger partial charge in [-0.3, -0.25) is 0 Å². The molecule has 0 aliphatic carbocycles. The Balaban J connectivity index is -0.000000104. The minimum absolute atomic E-state index is 0. The Hall–Kier alpha value is -0.567. The number of isothiocyanates is 2. The van der Waals surface area contributed by atoms with Gasteiger partial charge in [0.1, 0.15) is 0 Å². The topological polar surface area (TPSA) is 73.3 Å². The van der Waals surface area contributed by atoms with Crippen LogP contribution in [0.25, 0.3) is 10.8 Å². The molecule has 1 rings (SSSR count). The SMILES string of the molecule is [N-]=C=S.[N-]=C=S.[Zn+2].c1c[nH]cn1. The van der Waals surface area contributed by atoms with Crippen LogP contribution in [-0.2, 0) is 19.5 Å². The molecule has 12 heavy (non-hydrogen) atoms. The summed E-state index contributed by atoms with van der Waals surface area (Å²) in [5.41, 5.74) is 0. The molecule has 0 amide bonds. The second-order valence-corrected chi connectivity index (χ2v) is 1.31. The van der Waals surface area contributed by atoms with Crippen molar-refractivity contribution in [1.29, 1.82) is 0 Å². The van der Waals surface area contributed by atoms with Crippen molar-refractivity contribution in [3.8, 4) is 0 Å². The first-order chi connectivity index (χ1) is 5.33. The smallest absolute Gasteiger partial charge is 0.753 e. The maximum atomic E-state index is 7.13. The maximum Gasteiger partial charge on any atom is 2.00 e. The molecule has 1 N–H and O–H groups in total. The molecule has 0 aromatic carbocycles.